The van der Waals surface area contributed by atoms with E-state index in [0.717, 1.165) is 62.7 Å². The topological polar surface area (TPSA) is 112 Å². The number of nitrogens with one attached hydrogen (secondary N) is 2. The van der Waals surface area contributed by atoms with E-state index in [0.29, 0.717) is 38.0 Å². The summed E-state index contributed by atoms with van der Waals surface area (Å²) in [6.45, 7) is 6.24. The van der Waals surface area contributed by atoms with E-state index in [1.54, 1.807) is 24.4 Å². The molecule has 214 valence electrons. The number of morpholine rings is 1. The average Bonchev–Trinajstić information content (AvgIpc) is 3.57. The Morgan fingerprint density at radius 1 is 1.10 bits per heavy atom. The lowest BCUT2D eigenvalue weighted by molar-refractivity contribution is -0.274. The number of hydrogen-bond donors (Lipinski definition) is 3. The smallest absolute Gasteiger partial charge is 0.506 e. The summed E-state index contributed by atoms with van der Waals surface area (Å²) in [7, 11) is 0. The number of ether oxygens (including phenoxy) is 2. The Morgan fingerprint density at radius 3 is 2.45 bits per heavy atom. The highest BCUT2D eigenvalue weighted by Crippen LogP contribution is 2.39. The van der Waals surface area contributed by atoms with Crippen molar-refractivity contribution in [1.82, 2.24) is 15.6 Å². The van der Waals surface area contributed by atoms with Crippen LogP contribution in [-0.4, -0.2) is 73.3 Å². The number of nitrogens with zero attached hydrogens (tertiary/aromatic N) is 2. The third-order valence-corrected chi connectivity index (χ3v) is 8.02. The van der Waals surface area contributed by atoms with Crippen LogP contribution >= 0.6 is 22.7 Å². The second-order valence-corrected chi connectivity index (χ2v) is 10.7. The van der Waals surface area contributed by atoms with Gasteiger partial charge in [-0.25, -0.2) is 5.43 Å². The Hall–Kier alpha value is -3.46. The zero-order valence-corrected chi connectivity index (χ0v) is 23.0. The molecular formula is C26H27F3N4O5S2. The van der Waals surface area contributed by atoms with Gasteiger partial charge in [-0.2, -0.15) is 5.10 Å². The SMILES string of the molecule is CC(=NNC(=O)c1ccc(C(=O)NCCCN2CCOCC2)s1)c1csc(-c2ccc(OC(F)(F)F)cc2)c1O. The van der Waals surface area contributed by atoms with Crippen molar-refractivity contribution in [1.29, 1.82) is 0 Å². The van der Waals surface area contributed by atoms with E-state index < -0.39 is 12.3 Å². The van der Waals surface area contributed by atoms with E-state index in [9.17, 15) is 27.9 Å². The van der Waals surface area contributed by atoms with Gasteiger partial charge in [0.15, 0.2) is 0 Å². The largest absolute Gasteiger partial charge is 0.573 e. The number of carbonyl (C=O) groups is 2. The maximum Gasteiger partial charge on any atom is 0.573 e. The molecule has 1 fully saturated rings. The minimum absolute atomic E-state index is 0.117. The molecule has 0 atom stereocenters. The number of amides is 2. The van der Waals surface area contributed by atoms with Gasteiger partial charge in [-0.1, -0.05) is 0 Å². The molecule has 4 rings (SSSR count). The van der Waals surface area contributed by atoms with Crippen LogP contribution in [0.1, 0.15) is 38.3 Å². The van der Waals surface area contributed by atoms with Gasteiger partial charge in [0.25, 0.3) is 11.8 Å². The summed E-state index contributed by atoms with van der Waals surface area (Å²) in [5, 5.41) is 19.2. The highest BCUT2D eigenvalue weighted by Gasteiger charge is 2.31. The molecular weight excluding hydrogens is 569 g/mol. The van der Waals surface area contributed by atoms with E-state index in [2.05, 4.69) is 25.5 Å². The van der Waals surface area contributed by atoms with Crippen molar-refractivity contribution in [3.63, 3.8) is 0 Å². The molecule has 1 aliphatic rings. The van der Waals surface area contributed by atoms with Crippen LogP contribution in [0.5, 0.6) is 11.5 Å². The lowest BCUT2D eigenvalue weighted by atomic mass is 10.1. The van der Waals surface area contributed by atoms with Crippen LogP contribution in [0.25, 0.3) is 10.4 Å². The third kappa shape index (κ3) is 8.03. The van der Waals surface area contributed by atoms with Crippen molar-refractivity contribution in [3.05, 3.63) is 57.1 Å². The van der Waals surface area contributed by atoms with Gasteiger partial charge >= 0.3 is 6.36 Å². The van der Waals surface area contributed by atoms with E-state index in [1.165, 1.54) is 23.5 Å². The quantitative estimate of drug-likeness (QED) is 0.178. The Balaban J connectivity index is 1.29. The Bertz CT molecular complexity index is 1350. The van der Waals surface area contributed by atoms with Gasteiger partial charge in [-0.15, -0.1) is 35.8 Å². The van der Waals surface area contributed by atoms with Gasteiger partial charge in [0, 0.05) is 25.0 Å². The summed E-state index contributed by atoms with van der Waals surface area (Å²) in [6, 6.07) is 8.24. The lowest BCUT2D eigenvalue weighted by Crippen LogP contribution is -2.38. The maximum absolute atomic E-state index is 12.6. The fourth-order valence-corrected chi connectivity index (χ4v) is 5.69. The molecule has 1 aliphatic heterocycles. The molecule has 0 unspecified atom stereocenters. The Labute approximate surface area is 236 Å². The predicted octanol–water partition coefficient (Wildman–Crippen LogP) is 4.69. The van der Waals surface area contributed by atoms with Crippen molar-refractivity contribution < 1.29 is 37.3 Å². The number of aromatic hydroxyl groups is 1. The van der Waals surface area contributed by atoms with Crippen LogP contribution in [0, 0.1) is 0 Å². The molecule has 0 aliphatic carbocycles. The second kappa shape index (κ2) is 13.3. The molecule has 3 N–H and O–H groups in total. The molecule has 2 aromatic heterocycles. The van der Waals surface area contributed by atoms with Gasteiger partial charge in [-0.05, 0) is 61.9 Å². The maximum atomic E-state index is 12.6. The van der Waals surface area contributed by atoms with Crippen molar-refractivity contribution in [2.75, 3.05) is 39.4 Å². The number of carbonyl (C=O) groups excluding carboxylic acids is 2. The third-order valence-electron chi connectivity index (χ3n) is 5.92. The average molecular weight is 597 g/mol. The Morgan fingerprint density at radius 2 is 1.77 bits per heavy atom. The number of rotatable bonds is 10. The summed E-state index contributed by atoms with van der Waals surface area (Å²) in [5.74, 6) is -1.25. The first-order valence-electron chi connectivity index (χ1n) is 12.3. The van der Waals surface area contributed by atoms with Crippen molar-refractivity contribution in [3.8, 4) is 21.9 Å². The summed E-state index contributed by atoms with van der Waals surface area (Å²) in [5.41, 5.74) is 3.60. The van der Waals surface area contributed by atoms with Gasteiger partial charge in [0.1, 0.15) is 11.5 Å². The zero-order chi connectivity index (χ0) is 28.7. The summed E-state index contributed by atoms with van der Waals surface area (Å²) in [4.78, 5) is 28.4. The normalized spacial score (nSPS) is 14.7. The molecule has 1 aromatic carbocycles. The van der Waals surface area contributed by atoms with Crippen molar-refractivity contribution >= 4 is 40.2 Å². The summed E-state index contributed by atoms with van der Waals surface area (Å²) >= 11 is 2.22. The molecule has 3 heterocycles. The number of thiophene rings is 2. The van der Waals surface area contributed by atoms with E-state index in [1.807, 2.05) is 0 Å². The first-order valence-corrected chi connectivity index (χ1v) is 14.0. The minimum Gasteiger partial charge on any atom is -0.506 e. The van der Waals surface area contributed by atoms with Crippen LogP contribution in [-0.2, 0) is 4.74 Å². The fraction of sp³-hybridized carbons (Fsp3) is 0.346. The van der Waals surface area contributed by atoms with E-state index in [4.69, 9.17) is 4.74 Å². The number of alkyl halides is 3. The Kier molecular flexibility index (Phi) is 9.79. The zero-order valence-electron chi connectivity index (χ0n) is 21.4. The number of hydrazone groups is 1. The minimum atomic E-state index is -4.79. The van der Waals surface area contributed by atoms with Crippen LogP contribution < -0.4 is 15.5 Å². The lowest BCUT2D eigenvalue weighted by Gasteiger charge is -2.26. The second-order valence-electron chi connectivity index (χ2n) is 8.76. The van der Waals surface area contributed by atoms with Gasteiger partial charge in [-0.3, -0.25) is 14.5 Å². The summed E-state index contributed by atoms with van der Waals surface area (Å²) in [6.07, 6.45) is -3.98. The first-order chi connectivity index (χ1) is 19.1. The molecule has 0 radical (unpaired) electrons. The van der Waals surface area contributed by atoms with Crippen molar-refractivity contribution in [2.24, 2.45) is 5.10 Å². The predicted molar refractivity (Wildman–Crippen MR) is 146 cm³/mol. The molecule has 1 saturated heterocycles. The number of benzene rings is 1. The highest BCUT2D eigenvalue weighted by atomic mass is 32.1. The van der Waals surface area contributed by atoms with E-state index in [-0.39, 0.29) is 17.4 Å². The number of hydrogen-bond acceptors (Lipinski definition) is 9. The molecule has 40 heavy (non-hydrogen) atoms. The van der Waals surface area contributed by atoms with E-state index >= 15 is 0 Å². The fourth-order valence-electron chi connectivity index (χ4n) is 3.87. The first kappa shape index (κ1) is 29.5. The van der Waals surface area contributed by atoms with Gasteiger partial charge in [0.05, 0.1) is 39.1 Å². The standard InChI is InChI=1S/C26H27F3N4O5S2/c1-16(19-15-39-23(22(19)34)17-3-5-18(6-4-17)38-26(27,28)29)31-32-25(36)21-8-7-20(40-21)24(35)30-9-2-10-33-11-13-37-14-12-33/h3-8,15,34H,2,9-14H2,1H3,(H,30,35)(H,32,36). The van der Waals surface area contributed by atoms with Crippen LogP contribution in [0.4, 0.5) is 13.2 Å². The number of halogens is 3. The summed E-state index contributed by atoms with van der Waals surface area (Å²) < 4.78 is 46.3. The van der Waals surface area contributed by atoms with Crippen molar-refractivity contribution in [2.45, 2.75) is 19.7 Å². The molecule has 0 spiro atoms. The molecule has 14 heteroatoms. The van der Waals surface area contributed by atoms with Gasteiger partial charge in [0.2, 0.25) is 0 Å². The van der Waals surface area contributed by atoms with Crippen LogP contribution in [0.3, 0.4) is 0 Å². The monoisotopic (exact) mass is 596 g/mol. The molecule has 2 amide bonds. The molecule has 3 aromatic rings. The highest BCUT2D eigenvalue weighted by molar-refractivity contribution is 7.16. The molecule has 9 nitrogen and oxygen atoms in total. The van der Waals surface area contributed by atoms with Crippen LogP contribution in [0.15, 0.2) is 46.9 Å². The molecule has 0 bridgehead atoms. The molecule has 0 saturated carbocycles. The van der Waals surface area contributed by atoms with Crippen LogP contribution in [0.2, 0.25) is 0 Å². The van der Waals surface area contributed by atoms with Gasteiger partial charge < -0.3 is 19.9 Å².